The molecule has 7 heteroatoms. The molecule has 0 atom stereocenters. The second-order valence-electron chi connectivity index (χ2n) is 4.09. The van der Waals surface area contributed by atoms with E-state index in [0.717, 1.165) is 17.7 Å². The van der Waals surface area contributed by atoms with Crippen molar-refractivity contribution in [2.75, 3.05) is 5.32 Å². The third-order valence-corrected chi connectivity index (χ3v) is 3.16. The first-order valence-corrected chi connectivity index (χ1v) is 6.35. The van der Waals surface area contributed by atoms with Gasteiger partial charge in [0.25, 0.3) is 0 Å². The van der Waals surface area contributed by atoms with Crippen LogP contribution in [0.4, 0.5) is 20.3 Å². The van der Waals surface area contributed by atoms with Gasteiger partial charge in [-0.2, -0.15) is 0 Å². The topological polar surface area (TPSA) is 50.9 Å². The zero-order chi connectivity index (χ0) is 14.9. The van der Waals surface area contributed by atoms with Gasteiger partial charge in [0.05, 0.1) is 16.3 Å². The average Bonchev–Trinajstić information content (AvgIpc) is 2.33. The first-order valence-electron chi connectivity index (χ1n) is 5.57. The minimum absolute atomic E-state index is 0.0799. The Bertz CT molecular complexity index is 668. The highest BCUT2D eigenvalue weighted by molar-refractivity contribution is 7.80. The summed E-state index contributed by atoms with van der Waals surface area (Å²) < 4.78 is 26.8. The number of hydrogen-bond donors (Lipinski definition) is 2. The van der Waals surface area contributed by atoms with Gasteiger partial charge in [-0.1, -0.05) is 23.8 Å². The van der Waals surface area contributed by atoms with Gasteiger partial charge in [0.1, 0.15) is 16.6 Å². The smallest absolute Gasteiger partial charge is 0.151 e. The molecule has 1 aromatic heterocycles. The largest absolute Gasteiger partial charge is 0.389 e. The maximum atomic E-state index is 13.8. The Morgan fingerprint density at radius 2 is 2.10 bits per heavy atom. The zero-order valence-corrected chi connectivity index (χ0v) is 11.9. The molecule has 20 heavy (non-hydrogen) atoms. The lowest BCUT2D eigenvalue weighted by Gasteiger charge is -2.14. The van der Waals surface area contributed by atoms with Crippen molar-refractivity contribution in [2.45, 2.75) is 6.92 Å². The van der Waals surface area contributed by atoms with E-state index in [9.17, 15) is 8.78 Å². The Labute approximate surface area is 124 Å². The molecule has 0 aliphatic heterocycles. The Kier molecular flexibility index (Phi) is 4.15. The van der Waals surface area contributed by atoms with Crippen molar-refractivity contribution < 1.29 is 8.78 Å². The number of anilines is 2. The van der Waals surface area contributed by atoms with Crippen LogP contribution in [0.5, 0.6) is 0 Å². The summed E-state index contributed by atoms with van der Waals surface area (Å²) in [7, 11) is 0. The van der Waals surface area contributed by atoms with E-state index in [1.165, 1.54) is 6.20 Å². The van der Waals surface area contributed by atoms with Crippen LogP contribution in [0.1, 0.15) is 11.1 Å². The summed E-state index contributed by atoms with van der Waals surface area (Å²) >= 11 is 10.8. The van der Waals surface area contributed by atoms with Crippen LogP contribution >= 0.6 is 23.8 Å². The summed E-state index contributed by atoms with van der Waals surface area (Å²) in [6.07, 6.45) is 1.52. The molecule has 0 amide bonds. The second kappa shape index (κ2) is 5.68. The molecule has 1 heterocycles. The van der Waals surface area contributed by atoms with Gasteiger partial charge >= 0.3 is 0 Å². The number of rotatable bonds is 3. The normalized spacial score (nSPS) is 10.4. The molecule has 0 spiro atoms. The van der Waals surface area contributed by atoms with Crippen molar-refractivity contribution in [3.63, 3.8) is 0 Å². The van der Waals surface area contributed by atoms with E-state index in [2.05, 4.69) is 10.3 Å². The summed E-state index contributed by atoms with van der Waals surface area (Å²) in [5.41, 5.74) is 6.83. The van der Waals surface area contributed by atoms with Gasteiger partial charge in [-0.15, -0.1) is 0 Å². The first-order chi connectivity index (χ1) is 9.40. The molecule has 2 rings (SSSR count). The molecule has 2 aromatic rings. The van der Waals surface area contributed by atoms with Crippen LogP contribution in [0, 0.1) is 18.6 Å². The highest BCUT2D eigenvalue weighted by Gasteiger charge is 2.15. The minimum atomic E-state index is -0.827. The van der Waals surface area contributed by atoms with Crippen molar-refractivity contribution in [3.05, 3.63) is 52.2 Å². The van der Waals surface area contributed by atoms with Gasteiger partial charge in [-0.25, -0.2) is 13.8 Å². The molecule has 104 valence electrons. The van der Waals surface area contributed by atoms with Gasteiger partial charge in [-0.3, -0.25) is 0 Å². The molecular weight excluding hydrogens is 304 g/mol. The minimum Gasteiger partial charge on any atom is -0.389 e. The number of pyridine rings is 1. The second-order valence-corrected chi connectivity index (χ2v) is 4.93. The number of hydrogen-bond acceptors (Lipinski definition) is 3. The predicted octanol–water partition coefficient (Wildman–Crippen LogP) is 3.70. The van der Waals surface area contributed by atoms with Crippen LogP contribution in [0.2, 0.25) is 5.02 Å². The number of benzene rings is 1. The highest BCUT2D eigenvalue weighted by atomic mass is 35.5. The Hall–Kier alpha value is -1.79. The number of nitrogens with two attached hydrogens (primary N) is 1. The summed E-state index contributed by atoms with van der Waals surface area (Å²) in [6, 6.07) is 3.45. The SMILES string of the molecule is Cc1ccnc(Nc2c(F)cc(F)cc2Cl)c1C(N)=S. The van der Waals surface area contributed by atoms with E-state index in [1.54, 1.807) is 13.0 Å². The molecular formula is C13H10ClF2N3S. The summed E-state index contributed by atoms with van der Waals surface area (Å²) in [4.78, 5) is 4.19. The Balaban J connectivity index is 2.51. The van der Waals surface area contributed by atoms with Crippen LogP contribution in [0.3, 0.4) is 0 Å². The van der Waals surface area contributed by atoms with E-state index in [-0.39, 0.29) is 21.5 Å². The fraction of sp³-hybridized carbons (Fsp3) is 0.0769. The fourth-order valence-corrected chi connectivity index (χ4v) is 2.24. The molecule has 0 unspecified atom stereocenters. The lowest BCUT2D eigenvalue weighted by atomic mass is 10.1. The van der Waals surface area contributed by atoms with Crippen molar-refractivity contribution in [3.8, 4) is 0 Å². The summed E-state index contributed by atoms with van der Waals surface area (Å²) in [5, 5.41) is 2.61. The zero-order valence-electron chi connectivity index (χ0n) is 10.4. The van der Waals surface area contributed by atoms with Crippen LogP contribution in [-0.4, -0.2) is 9.97 Å². The molecule has 0 fully saturated rings. The molecule has 3 nitrogen and oxygen atoms in total. The molecule has 0 radical (unpaired) electrons. The summed E-state index contributed by atoms with van der Waals surface area (Å²) in [6.45, 7) is 1.80. The molecule has 0 aliphatic carbocycles. The lowest BCUT2D eigenvalue weighted by Crippen LogP contribution is -2.15. The summed E-state index contributed by atoms with van der Waals surface area (Å²) in [5.74, 6) is -1.32. The van der Waals surface area contributed by atoms with Gasteiger partial charge in [0.15, 0.2) is 5.82 Å². The molecule has 1 aromatic carbocycles. The van der Waals surface area contributed by atoms with Gasteiger partial charge in [0.2, 0.25) is 0 Å². The van der Waals surface area contributed by atoms with Gasteiger partial charge < -0.3 is 11.1 Å². The number of thiocarbonyl (C=S) groups is 1. The van der Waals surface area contributed by atoms with Crippen molar-refractivity contribution in [2.24, 2.45) is 5.73 Å². The van der Waals surface area contributed by atoms with Crippen LogP contribution in [-0.2, 0) is 0 Å². The van der Waals surface area contributed by atoms with Crippen molar-refractivity contribution in [1.29, 1.82) is 0 Å². The number of nitrogens with one attached hydrogen (secondary N) is 1. The van der Waals surface area contributed by atoms with E-state index in [1.807, 2.05) is 0 Å². The van der Waals surface area contributed by atoms with Gasteiger partial charge in [0, 0.05) is 12.3 Å². The van der Waals surface area contributed by atoms with Gasteiger partial charge in [-0.05, 0) is 24.6 Å². The quantitative estimate of drug-likeness (QED) is 0.848. The van der Waals surface area contributed by atoms with E-state index in [4.69, 9.17) is 29.6 Å². The van der Waals surface area contributed by atoms with Crippen LogP contribution < -0.4 is 11.1 Å². The Morgan fingerprint density at radius 1 is 1.40 bits per heavy atom. The average molecular weight is 314 g/mol. The Morgan fingerprint density at radius 3 is 2.70 bits per heavy atom. The first kappa shape index (κ1) is 14.6. The van der Waals surface area contributed by atoms with Crippen LogP contribution in [0.25, 0.3) is 0 Å². The van der Waals surface area contributed by atoms with Crippen molar-refractivity contribution in [1.82, 2.24) is 4.98 Å². The molecule has 0 saturated carbocycles. The van der Waals surface area contributed by atoms with Crippen LogP contribution in [0.15, 0.2) is 24.4 Å². The third-order valence-electron chi connectivity index (χ3n) is 2.66. The predicted molar refractivity (Wildman–Crippen MR) is 79.5 cm³/mol. The third kappa shape index (κ3) is 2.86. The molecule has 0 saturated heterocycles. The van der Waals surface area contributed by atoms with E-state index >= 15 is 0 Å². The van der Waals surface area contributed by atoms with Crippen molar-refractivity contribution >= 4 is 40.3 Å². The monoisotopic (exact) mass is 313 g/mol. The number of halogens is 3. The maximum Gasteiger partial charge on any atom is 0.151 e. The number of aromatic nitrogens is 1. The molecule has 3 N–H and O–H groups in total. The van der Waals surface area contributed by atoms with E-state index in [0.29, 0.717) is 5.56 Å². The number of nitrogens with zero attached hydrogens (tertiary/aromatic N) is 1. The molecule has 0 bridgehead atoms. The lowest BCUT2D eigenvalue weighted by molar-refractivity contribution is 0.586. The fourth-order valence-electron chi connectivity index (χ4n) is 1.74. The standard InChI is InChI=1S/C13H10ClF2N3S/c1-6-2-3-18-13(10(6)12(17)20)19-11-8(14)4-7(15)5-9(11)16/h2-5H,1H3,(H2,17,20)(H,18,19). The maximum absolute atomic E-state index is 13.8. The van der Waals surface area contributed by atoms with E-state index < -0.39 is 11.6 Å². The number of aryl methyl sites for hydroxylation is 1. The highest BCUT2D eigenvalue weighted by Crippen LogP contribution is 2.30. The molecule has 0 aliphatic rings.